The summed E-state index contributed by atoms with van der Waals surface area (Å²) in [5.74, 6) is 0. The van der Waals surface area contributed by atoms with E-state index >= 15 is 0 Å². The third kappa shape index (κ3) is 3.25. The molecule has 0 aliphatic heterocycles. The predicted octanol–water partition coefficient (Wildman–Crippen LogP) is 2.35. The second kappa shape index (κ2) is 5.10. The zero-order chi connectivity index (χ0) is 9.68. The summed E-state index contributed by atoms with van der Waals surface area (Å²) >= 11 is 5.63. The molecule has 0 bridgehead atoms. The van der Waals surface area contributed by atoms with E-state index in [4.69, 9.17) is 11.6 Å². The minimum atomic E-state index is 0.648. The van der Waals surface area contributed by atoms with Crippen LogP contribution >= 0.6 is 11.6 Å². The molecule has 13 heavy (non-hydrogen) atoms. The van der Waals surface area contributed by atoms with Gasteiger partial charge >= 0.3 is 0 Å². The number of nitrogens with one attached hydrogen (secondary N) is 1. The molecule has 1 heterocycles. The maximum atomic E-state index is 5.63. The van der Waals surface area contributed by atoms with Gasteiger partial charge in [0.1, 0.15) is 0 Å². The first-order valence-electron chi connectivity index (χ1n) is 4.42. The molecule has 3 heteroatoms. The number of hydrogen-bond donors (Lipinski definition) is 1. The van der Waals surface area contributed by atoms with Crippen LogP contribution < -0.4 is 5.32 Å². The van der Waals surface area contributed by atoms with E-state index in [1.165, 1.54) is 5.69 Å². The molecular weight excluding hydrogens is 184 g/mol. The average Bonchev–Trinajstić information content (AvgIpc) is 2.51. The highest BCUT2D eigenvalue weighted by atomic mass is 35.5. The summed E-state index contributed by atoms with van der Waals surface area (Å²) in [4.78, 5) is 0. The first-order chi connectivity index (χ1) is 6.24. The maximum absolute atomic E-state index is 5.63. The van der Waals surface area contributed by atoms with Gasteiger partial charge in [-0.1, -0.05) is 18.2 Å². The fraction of sp³-hybridized carbons (Fsp3) is 0.400. The molecule has 1 aromatic heterocycles. The molecule has 2 nitrogen and oxygen atoms in total. The molecule has 0 radical (unpaired) electrons. The van der Waals surface area contributed by atoms with Crippen molar-refractivity contribution in [2.75, 3.05) is 6.54 Å². The smallest absolute Gasteiger partial charge is 0.0362 e. The van der Waals surface area contributed by atoms with Gasteiger partial charge in [-0.25, -0.2) is 0 Å². The largest absolute Gasteiger partial charge is 0.351 e. The van der Waals surface area contributed by atoms with Crippen LogP contribution in [0.25, 0.3) is 0 Å². The third-order valence-corrected chi connectivity index (χ3v) is 2.02. The van der Waals surface area contributed by atoms with E-state index in [0.717, 1.165) is 13.1 Å². The van der Waals surface area contributed by atoms with Gasteiger partial charge in [-0.2, -0.15) is 0 Å². The lowest BCUT2D eigenvalue weighted by Gasteiger charge is -2.06. The Labute approximate surface area is 84.2 Å². The van der Waals surface area contributed by atoms with Crippen LogP contribution in [0, 0.1) is 0 Å². The highest BCUT2D eigenvalue weighted by Crippen LogP contribution is 2.02. The predicted molar refractivity (Wildman–Crippen MR) is 56.8 cm³/mol. The van der Waals surface area contributed by atoms with Crippen LogP contribution in [0.2, 0.25) is 0 Å². The zero-order valence-corrected chi connectivity index (χ0v) is 8.64. The van der Waals surface area contributed by atoms with Crippen LogP contribution in [-0.2, 0) is 13.1 Å². The monoisotopic (exact) mass is 198 g/mol. The van der Waals surface area contributed by atoms with Crippen molar-refractivity contribution in [3.05, 3.63) is 35.6 Å². The van der Waals surface area contributed by atoms with E-state index in [-0.39, 0.29) is 0 Å². The molecule has 72 valence electrons. The normalized spacial score (nSPS) is 10.3. The van der Waals surface area contributed by atoms with Crippen molar-refractivity contribution in [3.63, 3.8) is 0 Å². The number of nitrogens with zero attached hydrogens (tertiary/aromatic N) is 1. The van der Waals surface area contributed by atoms with Gasteiger partial charge in [0, 0.05) is 36.6 Å². The number of rotatable bonds is 5. The highest BCUT2D eigenvalue weighted by molar-refractivity contribution is 6.29. The number of hydrogen-bond acceptors (Lipinski definition) is 1. The quantitative estimate of drug-likeness (QED) is 0.769. The summed E-state index contributed by atoms with van der Waals surface area (Å²) in [5.41, 5.74) is 1.28. The van der Waals surface area contributed by atoms with Crippen molar-refractivity contribution < 1.29 is 0 Å². The summed E-state index contributed by atoms with van der Waals surface area (Å²) in [6, 6.07) is 4.16. The Kier molecular flexibility index (Phi) is 4.06. The molecule has 0 aromatic carbocycles. The summed E-state index contributed by atoms with van der Waals surface area (Å²) in [6.07, 6.45) is 2.08. The molecule has 0 aliphatic carbocycles. The van der Waals surface area contributed by atoms with E-state index in [1.807, 2.05) is 0 Å². The Morgan fingerprint density at radius 2 is 2.46 bits per heavy atom. The molecule has 0 saturated heterocycles. The van der Waals surface area contributed by atoms with Gasteiger partial charge in [0.25, 0.3) is 0 Å². The molecule has 0 aliphatic rings. The van der Waals surface area contributed by atoms with Crippen LogP contribution in [-0.4, -0.2) is 11.1 Å². The standard InChI is InChI=1S/C10H15ClN2/c1-3-13-6-4-5-10(13)8-12-7-9(2)11/h4-6,12H,2-3,7-8H2,1H3. The lowest BCUT2D eigenvalue weighted by molar-refractivity contribution is 0.657. The highest BCUT2D eigenvalue weighted by Gasteiger charge is 1.97. The van der Waals surface area contributed by atoms with Crippen molar-refractivity contribution in [2.45, 2.75) is 20.0 Å². The second-order valence-electron chi connectivity index (χ2n) is 2.91. The van der Waals surface area contributed by atoms with E-state index in [9.17, 15) is 0 Å². The van der Waals surface area contributed by atoms with Gasteiger partial charge in [0.05, 0.1) is 0 Å². The van der Waals surface area contributed by atoms with Crippen molar-refractivity contribution in [1.82, 2.24) is 9.88 Å². The first kappa shape index (κ1) is 10.4. The van der Waals surface area contributed by atoms with Gasteiger partial charge < -0.3 is 9.88 Å². The fourth-order valence-electron chi connectivity index (χ4n) is 1.24. The minimum Gasteiger partial charge on any atom is -0.351 e. The van der Waals surface area contributed by atoms with Crippen LogP contribution in [0.4, 0.5) is 0 Å². The lowest BCUT2D eigenvalue weighted by atomic mass is 10.4. The summed E-state index contributed by atoms with van der Waals surface area (Å²) < 4.78 is 2.20. The van der Waals surface area contributed by atoms with Crippen molar-refractivity contribution in [2.24, 2.45) is 0 Å². The van der Waals surface area contributed by atoms with Gasteiger partial charge in [0.15, 0.2) is 0 Å². The number of halogens is 1. The van der Waals surface area contributed by atoms with Crippen LogP contribution in [0.1, 0.15) is 12.6 Å². The second-order valence-corrected chi connectivity index (χ2v) is 3.44. The van der Waals surface area contributed by atoms with E-state index in [0.29, 0.717) is 11.6 Å². The third-order valence-electron chi connectivity index (χ3n) is 1.89. The molecule has 0 spiro atoms. The topological polar surface area (TPSA) is 17.0 Å². The Hall–Kier alpha value is -0.730. The van der Waals surface area contributed by atoms with Gasteiger partial charge in [0.2, 0.25) is 0 Å². The van der Waals surface area contributed by atoms with Crippen LogP contribution in [0.15, 0.2) is 29.9 Å². The molecule has 0 unspecified atom stereocenters. The van der Waals surface area contributed by atoms with E-state index in [1.54, 1.807) is 0 Å². The van der Waals surface area contributed by atoms with Gasteiger partial charge in [-0.15, -0.1) is 0 Å². The Bertz CT molecular complexity index is 278. The Balaban J connectivity index is 2.40. The Morgan fingerprint density at radius 3 is 3.08 bits per heavy atom. The van der Waals surface area contributed by atoms with Crippen LogP contribution in [0.5, 0.6) is 0 Å². The molecular formula is C10H15ClN2. The molecule has 0 saturated carbocycles. The molecule has 0 fully saturated rings. The molecule has 1 N–H and O–H groups in total. The SMILES string of the molecule is C=C(Cl)CNCc1cccn1CC. The maximum Gasteiger partial charge on any atom is 0.0362 e. The van der Waals surface area contributed by atoms with Gasteiger partial charge in [-0.05, 0) is 19.1 Å². The summed E-state index contributed by atoms with van der Waals surface area (Å²) in [6.45, 7) is 8.25. The first-order valence-corrected chi connectivity index (χ1v) is 4.80. The lowest BCUT2D eigenvalue weighted by Crippen LogP contribution is -2.16. The Morgan fingerprint density at radius 1 is 1.69 bits per heavy atom. The molecule has 1 rings (SSSR count). The zero-order valence-electron chi connectivity index (χ0n) is 7.89. The van der Waals surface area contributed by atoms with Crippen molar-refractivity contribution in [1.29, 1.82) is 0 Å². The van der Waals surface area contributed by atoms with Gasteiger partial charge in [-0.3, -0.25) is 0 Å². The average molecular weight is 199 g/mol. The van der Waals surface area contributed by atoms with Crippen molar-refractivity contribution in [3.8, 4) is 0 Å². The fourth-order valence-corrected chi connectivity index (χ4v) is 1.34. The minimum absolute atomic E-state index is 0.648. The number of aryl methyl sites for hydroxylation is 1. The van der Waals surface area contributed by atoms with E-state index < -0.39 is 0 Å². The molecule has 0 atom stereocenters. The summed E-state index contributed by atoms with van der Waals surface area (Å²) in [7, 11) is 0. The number of aromatic nitrogens is 1. The molecule has 1 aromatic rings. The molecule has 0 amide bonds. The van der Waals surface area contributed by atoms with Crippen LogP contribution in [0.3, 0.4) is 0 Å². The summed E-state index contributed by atoms with van der Waals surface area (Å²) in [5, 5.41) is 3.86. The van der Waals surface area contributed by atoms with Crippen molar-refractivity contribution >= 4 is 11.6 Å². The van der Waals surface area contributed by atoms with E-state index in [2.05, 4.69) is 41.7 Å².